The molecule has 0 saturated heterocycles. The maximum atomic E-state index is 12.5. The lowest BCUT2D eigenvalue weighted by molar-refractivity contribution is -0.137. The second-order valence-electron chi connectivity index (χ2n) is 4.60. The van der Waals surface area contributed by atoms with Crippen LogP contribution in [-0.4, -0.2) is 32.3 Å². The third-order valence-electron chi connectivity index (χ3n) is 2.69. The fourth-order valence-electron chi connectivity index (χ4n) is 1.59. The van der Waals surface area contributed by atoms with E-state index < -0.39 is 24.3 Å². The molecule has 0 saturated carbocycles. The summed E-state index contributed by atoms with van der Waals surface area (Å²) in [6.07, 6.45) is -9.72. The molecule has 0 fully saturated rings. The van der Waals surface area contributed by atoms with Crippen LogP contribution in [0.5, 0.6) is 0 Å². The lowest BCUT2D eigenvalue weighted by atomic mass is 10.1. The maximum absolute atomic E-state index is 12.5. The minimum Gasteiger partial charge on any atom is -0.356 e. The molecular formula is C15H16F6IN3. The molecular weight excluding hydrogens is 463 g/mol. The first-order chi connectivity index (χ1) is 11.1. The second kappa shape index (κ2) is 10.4. The minimum atomic E-state index is -4.44. The molecule has 0 amide bonds. The van der Waals surface area contributed by atoms with Gasteiger partial charge in [-0.15, -0.1) is 24.0 Å². The molecule has 0 bridgehead atoms. The summed E-state index contributed by atoms with van der Waals surface area (Å²) in [5.41, 5.74) is -0.612. The normalized spacial score (nSPS) is 11.9. The fourth-order valence-corrected chi connectivity index (χ4v) is 1.59. The Morgan fingerprint density at radius 1 is 1.12 bits per heavy atom. The quantitative estimate of drug-likeness (QED) is 0.228. The van der Waals surface area contributed by atoms with Gasteiger partial charge in [0.2, 0.25) is 0 Å². The van der Waals surface area contributed by atoms with Crippen LogP contribution in [0.4, 0.5) is 26.3 Å². The molecule has 2 N–H and O–H groups in total. The Labute approximate surface area is 158 Å². The van der Waals surface area contributed by atoms with Crippen molar-refractivity contribution in [3.63, 3.8) is 0 Å². The van der Waals surface area contributed by atoms with Gasteiger partial charge < -0.3 is 10.6 Å². The average Bonchev–Trinajstić information content (AvgIpc) is 2.48. The highest BCUT2D eigenvalue weighted by atomic mass is 127. The van der Waals surface area contributed by atoms with Gasteiger partial charge >= 0.3 is 12.4 Å². The van der Waals surface area contributed by atoms with Crippen molar-refractivity contribution in [1.82, 2.24) is 10.6 Å². The summed E-state index contributed by atoms with van der Waals surface area (Å²) in [5, 5.41) is 5.10. The molecule has 10 heteroatoms. The first kappa shape index (κ1) is 23.4. The van der Waals surface area contributed by atoms with E-state index in [0.29, 0.717) is 0 Å². The van der Waals surface area contributed by atoms with E-state index in [0.717, 1.165) is 12.1 Å². The van der Waals surface area contributed by atoms with Crippen LogP contribution in [0.1, 0.15) is 17.5 Å². The standard InChI is InChI=1S/C15H15F6N3.HI/c1-22-13(24-9-7-14(16,17)18)23-8-3-5-11-4-2-6-12(10-11)15(19,20)21;/h2,4,6,10H,7-9H2,1H3,(H2,22,23,24);1H. The Bertz CT molecular complexity index is 629. The van der Waals surface area contributed by atoms with Gasteiger partial charge in [0.05, 0.1) is 18.5 Å². The molecule has 0 aliphatic rings. The zero-order chi connectivity index (χ0) is 18.2. The van der Waals surface area contributed by atoms with Crippen molar-refractivity contribution >= 4 is 29.9 Å². The SMILES string of the molecule is CN=C(NCC#Cc1cccc(C(F)(F)F)c1)NCCC(F)(F)F.I. The first-order valence-corrected chi connectivity index (χ1v) is 6.79. The van der Waals surface area contributed by atoms with Crippen molar-refractivity contribution in [2.45, 2.75) is 18.8 Å². The first-order valence-electron chi connectivity index (χ1n) is 6.79. The van der Waals surface area contributed by atoms with Crippen LogP contribution in [0.15, 0.2) is 29.3 Å². The van der Waals surface area contributed by atoms with Crippen molar-refractivity contribution in [2.24, 2.45) is 4.99 Å². The second-order valence-corrected chi connectivity index (χ2v) is 4.60. The number of halogens is 7. The Morgan fingerprint density at radius 2 is 1.80 bits per heavy atom. The predicted octanol–water partition coefficient (Wildman–Crippen LogP) is 3.79. The molecule has 1 rings (SSSR count). The number of alkyl halides is 6. The summed E-state index contributed by atoms with van der Waals surface area (Å²) in [6.45, 7) is -0.327. The summed E-state index contributed by atoms with van der Waals surface area (Å²) in [6, 6.07) is 4.54. The fraction of sp³-hybridized carbons (Fsp3) is 0.400. The van der Waals surface area contributed by atoms with Gasteiger partial charge in [0, 0.05) is 19.2 Å². The summed E-state index contributed by atoms with van der Waals surface area (Å²) < 4.78 is 73.7. The Kier molecular flexibility index (Phi) is 9.69. The van der Waals surface area contributed by atoms with Crippen LogP contribution in [0.2, 0.25) is 0 Å². The molecule has 140 valence electrons. The van der Waals surface area contributed by atoms with Crippen molar-refractivity contribution in [1.29, 1.82) is 0 Å². The number of hydrogen-bond acceptors (Lipinski definition) is 1. The van der Waals surface area contributed by atoms with E-state index in [4.69, 9.17) is 0 Å². The van der Waals surface area contributed by atoms with E-state index >= 15 is 0 Å². The van der Waals surface area contributed by atoms with Crippen molar-refractivity contribution in [3.05, 3.63) is 35.4 Å². The average molecular weight is 479 g/mol. The van der Waals surface area contributed by atoms with Crippen LogP contribution in [0.25, 0.3) is 0 Å². The highest BCUT2D eigenvalue weighted by Gasteiger charge is 2.30. The molecule has 3 nitrogen and oxygen atoms in total. The molecule has 1 aromatic rings. The zero-order valence-electron chi connectivity index (χ0n) is 13.1. The Hall–Kier alpha value is -1.64. The topological polar surface area (TPSA) is 36.4 Å². The van der Waals surface area contributed by atoms with Gasteiger partial charge in [-0.3, -0.25) is 4.99 Å². The summed E-state index contributed by atoms with van der Waals surface area (Å²) in [5.74, 6) is 5.24. The van der Waals surface area contributed by atoms with Crippen LogP contribution in [0.3, 0.4) is 0 Å². The van der Waals surface area contributed by atoms with Gasteiger partial charge in [0.1, 0.15) is 0 Å². The smallest absolute Gasteiger partial charge is 0.356 e. The highest BCUT2D eigenvalue weighted by Crippen LogP contribution is 2.29. The number of guanidine groups is 1. The molecule has 0 spiro atoms. The van der Waals surface area contributed by atoms with E-state index in [-0.39, 0.29) is 48.6 Å². The van der Waals surface area contributed by atoms with E-state index in [1.807, 2.05) is 0 Å². The Morgan fingerprint density at radius 3 is 2.36 bits per heavy atom. The summed E-state index contributed by atoms with van der Waals surface area (Å²) in [4.78, 5) is 3.71. The van der Waals surface area contributed by atoms with E-state index in [2.05, 4.69) is 27.5 Å². The van der Waals surface area contributed by atoms with E-state index in [1.165, 1.54) is 19.2 Å². The molecule has 0 heterocycles. The Balaban J connectivity index is 0.00000576. The van der Waals surface area contributed by atoms with Gasteiger partial charge in [-0.25, -0.2) is 0 Å². The molecule has 0 aromatic heterocycles. The predicted molar refractivity (Wildman–Crippen MR) is 93.8 cm³/mol. The summed E-state index contributed by atoms with van der Waals surface area (Å²) >= 11 is 0. The third-order valence-corrected chi connectivity index (χ3v) is 2.69. The van der Waals surface area contributed by atoms with Crippen LogP contribution < -0.4 is 10.6 Å². The van der Waals surface area contributed by atoms with Crippen molar-refractivity contribution < 1.29 is 26.3 Å². The molecule has 1 aromatic carbocycles. The number of benzene rings is 1. The molecule has 25 heavy (non-hydrogen) atoms. The number of hydrogen-bond donors (Lipinski definition) is 2. The van der Waals surface area contributed by atoms with Gasteiger partial charge in [0.15, 0.2) is 5.96 Å². The minimum absolute atomic E-state index is 0. The molecule has 0 aliphatic carbocycles. The third kappa shape index (κ3) is 10.1. The van der Waals surface area contributed by atoms with Crippen molar-refractivity contribution in [2.75, 3.05) is 20.1 Å². The largest absolute Gasteiger partial charge is 0.416 e. The maximum Gasteiger partial charge on any atom is 0.416 e. The molecule has 0 atom stereocenters. The molecule has 0 unspecified atom stereocenters. The molecule has 0 radical (unpaired) electrons. The molecule has 0 aliphatic heterocycles. The van der Waals surface area contributed by atoms with Crippen LogP contribution >= 0.6 is 24.0 Å². The van der Waals surface area contributed by atoms with Crippen LogP contribution in [0, 0.1) is 11.8 Å². The number of nitrogens with one attached hydrogen (secondary N) is 2. The number of aliphatic imine (C=N–C) groups is 1. The number of nitrogens with zero attached hydrogens (tertiary/aromatic N) is 1. The monoisotopic (exact) mass is 479 g/mol. The number of rotatable bonds is 3. The van der Waals surface area contributed by atoms with Crippen molar-refractivity contribution in [3.8, 4) is 11.8 Å². The van der Waals surface area contributed by atoms with E-state index in [1.54, 1.807) is 0 Å². The van der Waals surface area contributed by atoms with Gasteiger partial charge in [-0.05, 0) is 18.2 Å². The van der Waals surface area contributed by atoms with Gasteiger partial charge in [0.25, 0.3) is 0 Å². The lowest BCUT2D eigenvalue weighted by Crippen LogP contribution is -2.39. The van der Waals surface area contributed by atoms with Crippen LogP contribution in [-0.2, 0) is 6.18 Å². The zero-order valence-corrected chi connectivity index (χ0v) is 15.4. The lowest BCUT2D eigenvalue weighted by Gasteiger charge is -2.11. The summed E-state index contributed by atoms with van der Waals surface area (Å²) in [7, 11) is 1.38. The van der Waals surface area contributed by atoms with Gasteiger partial charge in [-0.1, -0.05) is 17.9 Å². The van der Waals surface area contributed by atoms with E-state index in [9.17, 15) is 26.3 Å². The van der Waals surface area contributed by atoms with Gasteiger partial charge in [-0.2, -0.15) is 26.3 Å². The highest BCUT2D eigenvalue weighted by molar-refractivity contribution is 14.0.